The summed E-state index contributed by atoms with van der Waals surface area (Å²) >= 11 is 0. The largest absolute Gasteiger partial charge is 0.370 e. The predicted molar refractivity (Wildman–Crippen MR) is 81.0 cm³/mol. The van der Waals surface area contributed by atoms with E-state index in [2.05, 4.69) is 5.43 Å². The first-order valence-corrected chi connectivity index (χ1v) is 6.63. The van der Waals surface area contributed by atoms with Gasteiger partial charge in [-0.3, -0.25) is 10.2 Å². The lowest BCUT2D eigenvalue weighted by Crippen LogP contribution is -2.31. The summed E-state index contributed by atoms with van der Waals surface area (Å²) in [5, 5.41) is 0. The minimum Gasteiger partial charge on any atom is -0.370 e. The van der Waals surface area contributed by atoms with Crippen LogP contribution in [0.15, 0.2) is 48.5 Å². The second-order valence-electron chi connectivity index (χ2n) is 4.85. The van der Waals surface area contributed by atoms with Crippen molar-refractivity contribution in [1.29, 1.82) is 0 Å². The summed E-state index contributed by atoms with van der Waals surface area (Å²) in [5.41, 5.74) is 4.83. The van der Waals surface area contributed by atoms with E-state index in [-0.39, 0.29) is 18.1 Å². The van der Waals surface area contributed by atoms with Gasteiger partial charge in [0, 0.05) is 19.3 Å². The van der Waals surface area contributed by atoms with Crippen LogP contribution in [0.2, 0.25) is 0 Å². The van der Waals surface area contributed by atoms with Gasteiger partial charge in [-0.05, 0) is 29.3 Å². The van der Waals surface area contributed by atoms with E-state index >= 15 is 0 Å². The Hall–Kier alpha value is -2.40. The van der Waals surface area contributed by atoms with Crippen molar-refractivity contribution in [2.45, 2.75) is 13.0 Å². The molecule has 0 aliphatic rings. The summed E-state index contributed by atoms with van der Waals surface area (Å²) in [5.74, 6) is 4.62. The van der Waals surface area contributed by atoms with Gasteiger partial charge in [0.05, 0.1) is 6.42 Å². The summed E-state index contributed by atoms with van der Waals surface area (Å²) in [6, 6.07) is 14.1. The standard InChI is InChI=1S/C16H18FN3O/c1-20(15-8-4-7-14(17)10-15)11-13-6-3-2-5-12(13)9-16(21)19-18/h2-8,10H,9,11,18H2,1H3,(H,19,21). The number of carbonyl (C=O) groups excluding carboxylic acids is 1. The van der Waals surface area contributed by atoms with Gasteiger partial charge in [0.15, 0.2) is 0 Å². The number of anilines is 1. The second kappa shape index (κ2) is 6.85. The molecule has 2 rings (SSSR count). The molecule has 0 aliphatic carbocycles. The first-order valence-electron chi connectivity index (χ1n) is 6.63. The van der Waals surface area contributed by atoms with E-state index in [0.717, 1.165) is 16.8 Å². The van der Waals surface area contributed by atoms with Crippen molar-refractivity contribution in [3.05, 3.63) is 65.5 Å². The molecular formula is C16H18FN3O. The molecule has 0 saturated carbocycles. The van der Waals surface area contributed by atoms with Crippen molar-refractivity contribution < 1.29 is 9.18 Å². The highest BCUT2D eigenvalue weighted by atomic mass is 19.1. The number of hydrogen-bond donors (Lipinski definition) is 2. The molecule has 1 amide bonds. The van der Waals surface area contributed by atoms with Gasteiger partial charge in [0.1, 0.15) is 5.82 Å². The van der Waals surface area contributed by atoms with E-state index in [0.29, 0.717) is 6.54 Å². The summed E-state index contributed by atoms with van der Waals surface area (Å²) in [6.07, 6.45) is 0.226. The Morgan fingerprint density at radius 1 is 1.19 bits per heavy atom. The number of carbonyl (C=O) groups is 1. The molecule has 5 heteroatoms. The fourth-order valence-electron chi connectivity index (χ4n) is 2.17. The lowest BCUT2D eigenvalue weighted by molar-refractivity contribution is -0.120. The molecule has 0 aliphatic heterocycles. The number of rotatable bonds is 5. The molecule has 21 heavy (non-hydrogen) atoms. The molecule has 0 bridgehead atoms. The highest BCUT2D eigenvalue weighted by Gasteiger charge is 2.09. The van der Waals surface area contributed by atoms with Crippen LogP contribution in [0.5, 0.6) is 0 Å². The molecule has 110 valence electrons. The van der Waals surface area contributed by atoms with Gasteiger partial charge in [0.25, 0.3) is 0 Å². The van der Waals surface area contributed by atoms with Crippen molar-refractivity contribution in [3.8, 4) is 0 Å². The zero-order chi connectivity index (χ0) is 15.2. The van der Waals surface area contributed by atoms with Crippen molar-refractivity contribution in [2.24, 2.45) is 5.84 Å². The molecule has 3 N–H and O–H groups in total. The zero-order valence-corrected chi connectivity index (χ0v) is 11.8. The van der Waals surface area contributed by atoms with Crippen molar-refractivity contribution in [3.63, 3.8) is 0 Å². The number of halogens is 1. The van der Waals surface area contributed by atoms with Gasteiger partial charge in [-0.25, -0.2) is 10.2 Å². The predicted octanol–water partition coefficient (Wildman–Crippen LogP) is 1.99. The SMILES string of the molecule is CN(Cc1ccccc1CC(=O)NN)c1cccc(F)c1. The van der Waals surface area contributed by atoms with Gasteiger partial charge in [-0.15, -0.1) is 0 Å². The molecule has 0 fully saturated rings. The van der Waals surface area contributed by atoms with E-state index in [1.165, 1.54) is 12.1 Å². The first kappa shape index (κ1) is 15.0. The maximum Gasteiger partial charge on any atom is 0.238 e. The smallest absolute Gasteiger partial charge is 0.238 e. The monoisotopic (exact) mass is 287 g/mol. The topological polar surface area (TPSA) is 58.4 Å². The lowest BCUT2D eigenvalue weighted by Gasteiger charge is -2.21. The maximum atomic E-state index is 13.3. The molecule has 0 saturated heterocycles. The second-order valence-corrected chi connectivity index (χ2v) is 4.85. The van der Waals surface area contributed by atoms with Gasteiger partial charge in [-0.2, -0.15) is 0 Å². The fourth-order valence-corrected chi connectivity index (χ4v) is 2.17. The van der Waals surface area contributed by atoms with Gasteiger partial charge < -0.3 is 4.90 Å². The summed E-state index contributed by atoms with van der Waals surface area (Å²) in [6.45, 7) is 0.581. The number of nitrogens with zero attached hydrogens (tertiary/aromatic N) is 1. The molecule has 0 heterocycles. The number of nitrogens with two attached hydrogens (primary N) is 1. The third kappa shape index (κ3) is 4.03. The Morgan fingerprint density at radius 2 is 1.90 bits per heavy atom. The maximum absolute atomic E-state index is 13.3. The van der Waals surface area contributed by atoms with Crippen LogP contribution in [-0.4, -0.2) is 13.0 Å². The number of hydrogen-bond acceptors (Lipinski definition) is 3. The van der Waals surface area contributed by atoms with Crippen LogP contribution in [-0.2, 0) is 17.8 Å². The molecule has 4 nitrogen and oxygen atoms in total. The van der Waals surface area contributed by atoms with E-state index in [1.807, 2.05) is 42.3 Å². The third-order valence-corrected chi connectivity index (χ3v) is 3.29. The molecule has 0 spiro atoms. The highest BCUT2D eigenvalue weighted by molar-refractivity contribution is 5.78. The van der Waals surface area contributed by atoms with E-state index in [1.54, 1.807) is 6.07 Å². The van der Waals surface area contributed by atoms with Crippen LogP contribution >= 0.6 is 0 Å². The van der Waals surface area contributed by atoms with Gasteiger partial charge >= 0.3 is 0 Å². The fraction of sp³-hybridized carbons (Fsp3) is 0.188. The first-order chi connectivity index (χ1) is 10.1. The Balaban J connectivity index is 2.17. The third-order valence-electron chi connectivity index (χ3n) is 3.29. The van der Waals surface area contributed by atoms with Crippen molar-refractivity contribution in [1.82, 2.24) is 5.43 Å². The van der Waals surface area contributed by atoms with Crippen LogP contribution in [0, 0.1) is 5.82 Å². The number of nitrogens with one attached hydrogen (secondary N) is 1. The highest BCUT2D eigenvalue weighted by Crippen LogP contribution is 2.18. The van der Waals surface area contributed by atoms with E-state index in [9.17, 15) is 9.18 Å². The summed E-state index contributed by atoms with van der Waals surface area (Å²) in [7, 11) is 1.88. The van der Waals surface area contributed by atoms with Crippen molar-refractivity contribution >= 4 is 11.6 Å². The van der Waals surface area contributed by atoms with Crippen LogP contribution in [0.4, 0.5) is 10.1 Å². The van der Waals surface area contributed by atoms with Crippen LogP contribution in [0.1, 0.15) is 11.1 Å². The minimum atomic E-state index is -0.268. The molecule has 0 unspecified atom stereocenters. The van der Waals surface area contributed by atoms with E-state index < -0.39 is 0 Å². The number of hydrazine groups is 1. The lowest BCUT2D eigenvalue weighted by atomic mass is 10.0. The molecule has 2 aromatic rings. The Labute approximate surface area is 123 Å². The molecule has 0 atom stereocenters. The normalized spacial score (nSPS) is 10.2. The van der Waals surface area contributed by atoms with Crippen LogP contribution < -0.4 is 16.2 Å². The Morgan fingerprint density at radius 3 is 2.57 bits per heavy atom. The molecule has 0 radical (unpaired) electrons. The van der Waals surface area contributed by atoms with Gasteiger partial charge in [-0.1, -0.05) is 30.3 Å². The number of benzene rings is 2. The van der Waals surface area contributed by atoms with E-state index in [4.69, 9.17) is 5.84 Å². The average molecular weight is 287 g/mol. The van der Waals surface area contributed by atoms with Crippen molar-refractivity contribution in [2.75, 3.05) is 11.9 Å². The zero-order valence-electron chi connectivity index (χ0n) is 11.8. The quantitative estimate of drug-likeness (QED) is 0.502. The van der Waals surface area contributed by atoms with Crippen LogP contribution in [0.3, 0.4) is 0 Å². The minimum absolute atomic E-state index is 0.226. The van der Waals surface area contributed by atoms with Gasteiger partial charge in [0.2, 0.25) is 5.91 Å². The Bertz CT molecular complexity index is 630. The Kier molecular flexibility index (Phi) is 4.90. The summed E-state index contributed by atoms with van der Waals surface area (Å²) in [4.78, 5) is 13.4. The number of amides is 1. The summed E-state index contributed by atoms with van der Waals surface area (Å²) < 4.78 is 13.3. The van der Waals surface area contributed by atoms with Crippen LogP contribution in [0.25, 0.3) is 0 Å². The molecule has 0 aromatic heterocycles. The molecule has 2 aromatic carbocycles. The average Bonchev–Trinajstić information content (AvgIpc) is 2.49. The molecular weight excluding hydrogens is 269 g/mol.